The highest BCUT2D eigenvalue weighted by Gasteiger charge is 2.54. The Morgan fingerprint density at radius 3 is 2.26 bits per heavy atom. The van der Waals surface area contributed by atoms with E-state index in [1.54, 1.807) is 6.07 Å². The molecular weight excluding hydrogens is 279 g/mol. The normalized spacial score (nSPS) is 12.6. The Hall–Kier alpha value is -1.08. The van der Waals surface area contributed by atoms with Crippen molar-refractivity contribution in [2.24, 2.45) is 5.41 Å². The minimum absolute atomic E-state index is 0.137. The predicted molar refractivity (Wildman–Crippen MR) is 66.0 cm³/mol. The Morgan fingerprint density at radius 2 is 1.89 bits per heavy atom. The molecule has 1 aromatic heterocycles. The molecule has 7 heteroatoms. The lowest BCUT2D eigenvalue weighted by atomic mass is 9.91. The topological polar surface area (TPSA) is 40.5 Å². The zero-order valence-corrected chi connectivity index (χ0v) is 11.9. The van der Waals surface area contributed by atoms with Crippen LogP contribution in [0.4, 0.5) is 13.2 Å². The molecule has 108 valence electrons. The SMILES string of the molecule is Cc1cc(CN(O)C(=O)C(C)(C)C(F)(F)F)sc1C. The quantitative estimate of drug-likeness (QED) is 0.682. The van der Waals surface area contributed by atoms with Crippen LogP contribution in [-0.2, 0) is 11.3 Å². The summed E-state index contributed by atoms with van der Waals surface area (Å²) in [5.74, 6) is -1.36. The highest BCUT2D eigenvalue weighted by atomic mass is 32.1. The van der Waals surface area contributed by atoms with Crippen molar-refractivity contribution in [3.8, 4) is 0 Å². The third-order valence-corrected chi connectivity index (χ3v) is 4.14. The van der Waals surface area contributed by atoms with Crippen molar-refractivity contribution in [1.29, 1.82) is 0 Å². The van der Waals surface area contributed by atoms with Crippen molar-refractivity contribution in [3.63, 3.8) is 0 Å². The molecule has 0 aliphatic rings. The van der Waals surface area contributed by atoms with E-state index in [1.807, 2.05) is 13.8 Å². The van der Waals surface area contributed by atoms with Crippen LogP contribution in [0.2, 0.25) is 0 Å². The average Bonchev–Trinajstić information content (AvgIpc) is 2.55. The molecule has 1 N–H and O–H groups in total. The molecule has 0 aliphatic heterocycles. The first-order valence-corrected chi connectivity index (χ1v) is 6.42. The molecule has 0 atom stereocenters. The minimum Gasteiger partial charge on any atom is -0.286 e. The van der Waals surface area contributed by atoms with Crippen LogP contribution in [0.25, 0.3) is 0 Å². The maximum atomic E-state index is 12.7. The number of hydrogen-bond donors (Lipinski definition) is 1. The van der Waals surface area contributed by atoms with Crippen LogP contribution >= 0.6 is 11.3 Å². The summed E-state index contributed by atoms with van der Waals surface area (Å²) in [6.45, 7) is 5.00. The molecule has 0 saturated carbocycles. The smallest absolute Gasteiger partial charge is 0.286 e. The van der Waals surface area contributed by atoms with Gasteiger partial charge in [0.05, 0.1) is 6.54 Å². The van der Waals surface area contributed by atoms with E-state index < -0.39 is 17.5 Å². The maximum Gasteiger partial charge on any atom is 0.402 e. The van der Waals surface area contributed by atoms with Gasteiger partial charge in [-0.05, 0) is 39.3 Å². The molecule has 0 saturated heterocycles. The van der Waals surface area contributed by atoms with Gasteiger partial charge in [-0.1, -0.05) is 0 Å². The first kappa shape index (κ1) is 16.0. The second-order valence-corrected chi connectivity index (χ2v) is 6.28. The summed E-state index contributed by atoms with van der Waals surface area (Å²) in [5, 5.41) is 9.70. The molecule has 1 rings (SSSR count). The Bertz CT molecular complexity index is 460. The molecular formula is C12H16F3NO2S. The average molecular weight is 295 g/mol. The minimum atomic E-state index is -4.70. The first-order chi connectivity index (χ1) is 8.46. The van der Waals surface area contributed by atoms with Crippen LogP contribution in [0.1, 0.15) is 29.2 Å². The van der Waals surface area contributed by atoms with E-state index in [-0.39, 0.29) is 11.6 Å². The first-order valence-electron chi connectivity index (χ1n) is 5.60. The van der Waals surface area contributed by atoms with Gasteiger partial charge >= 0.3 is 6.18 Å². The summed E-state index contributed by atoms with van der Waals surface area (Å²) in [4.78, 5) is 13.3. The van der Waals surface area contributed by atoms with Gasteiger partial charge in [0, 0.05) is 9.75 Å². The predicted octanol–water partition coefficient (Wildman–Crippen LogP) is 3.67. The summed E-state index contributed by atoms with van der Waals surface area (Å²) < 4.78 is 38.1. The van der Waals surface area contributed by atoms with Gasteiger partial charge < -0.3 is 0 Å². The Labute approximate surface area is 113 Å². The fourth-order valence-electron chi connectivity index (χ4n) is 1.39. The molecule has 1 aromatic rings. The highest BCUT2D eigenvalue weighted by molar-refractivity contribution is 7.12. The van der Waals surface area contributed by atoms with Gasteiger partial charge in [0.2, 0.25) is 0 Å². The van der Waals surface area contributed by atoms with Crippen LogP contribution < -0.4 is 0 Å². The highest BCUT2D eigenvalue weighted by Crippen LogP contribution is 2.39. The number of hydroxylamine groups is 2. The molecule has 1 amide bonds. The zero-order chi connectivity index (χ0) is 15.0. The van der Waals surface area contributed by atoms with E-state index in [1.165, 1.54) is 11.3 Å². The van der Waals surface area contributed by atoms with E-state index in [0.29, 0.717) is 4.88 Å². The Balaban J connectivity index is 2.84. The lowest BCUT2D eigenvalue weighted by Gasteiger charge is -2.29. The Morgan fingerprint density at radius 1 is 1.37 bits per heavy atom. The number of aryl methyl sites for hydroxylation is 2. The molecule has 0 spiro atoms. The second-order valence-electron chi connectivity index (χ2n) is 4.94. The van der Waals surface area contributed by atoms with Gasteiger partial charge in [0.15, 0.2) is 0 Å². The van der Waals surface area contributed by atoms with Crippen LogP contribution in [0.5, 0.6) is 0 Å². The number of amides is 1. The standard InChI is InChI=1S/C12H16F3NO2S/c1-7-5-9(19-8(7)2)6-16(18)10(17)11(3,4)12(13,14)15/h5,18H,6H2,1-4H3. The van der Waals surface area contributed by atoms with E-state index in [9.17, 15) is 23.2 Å². The fraction of sp³-hybridized carbons (Fsp3) is 0.583. The van der Waals surface area contributed by atoms with Crippen molar-refractivity contribution in [3.05, 3.63) is 21.4 Å². The molecule has 0 aromatic carbocycles. The number of carbonyl (C=O) groups excluding carboxylic acids is 1. The van der Waals surface area contributed by atoms with Gasteiger partial charge in [-0.25, -0.2) is 5.06 Å². The van der Waals surface area contributed by atoms with E-state index in [4.69, 9.17) is 0 Å². The summed E-state index contributed by atoms with van der Waals surface area (Å²) in [7, 11) is 0. The van der Waals surface area contributed by atoms with E-state index in [2.05, 4.69) is 0 Å². The van der Waals surface area contributed by atoms with Gasteiger partial charge in [0.25, 0.3) is 5.91 Å². The summed E-state index contributed by atoms with van der Waals surface area (Å²) >= 11 is 1.34. The fourth-order valence-corrected chi connectivity index (χ4v) is 2.43. The van der Waals surface area contributed by atoms with E-state index in [0.717, 1.165) is 24.3 Å². The van der Waals surface area contributed by atoms with Crippen molar-refractivity contribution in [2.75, 3.05) is 0 Å². The van der Waals surface area contributed by atoms with Crippen molar-refractivity contribution >= 4 is 17.2 Å². The Kier molecular flexibility index (Phi) is 4.31. The number of nitrogens with zero attached hydrogens (tertiary/aromatic N) is 1. The molecule has 3 nitrogen and oxygen atoms in total. The maximum absolute atomic E-state index is 12.7. The number of rotatable bonds is 3. The molecule has 19 heavy (non-hydrogen) atoms. The van der Waals surface area contributed by atoms with E-state index >= 15 is 0 Å². The second kappa shape index (κ2) is 5.13. The van der Waals surface area contributed by atoms with Crippen molar-refractivity contribution in [2.45, 2.75) is 40.4 Å². The zero-order valence-electron chi connectivity index (χ0n) is 11.1. The summed E-state index contributed by atoms with van der Waals surface area (Å²) in [6, 6.07) is 1.75. The van der Waals surface area contributed by atoms with Gasteiger partial charge in [-0.2, -0.15) is 13.2 Å². The molecule has 0 fully saturated rings. The number of hydrogen-bond acceptors (Lipinski definition) is 3. The summed E-state index contributed by atoms with van der Waals surface area (Å²) in [6.07, 6.45) is -4.70. The lowest BCUT2D eigenvalue weighted by molar-refractivity contribution is -0.234. The van der Waals surface area contributed by atoms with Gasteiger partial charge in [-0.15, -0.1) is 11.3 Å². The van der Waals surface area contributed by atoms with Crippen LogP contribution in [-0.4, -0.2) is 22.4 Å². The monoisotopic (exact) mass is 295 g/mol. The largest absolute Gasteiger partial charge is 0.402 e. The molecule has 0 radical (unpaired) electrons. The van der Waals surface area contributed by atoms with Crippen LogP contribution in [0, 0.1) is 19.3 Å². The van der Waals surface area contributed by atoms with Crippen LogP contribution in [0.3, 0.4) is 0 Å². The lowest BCUT2D eigenvalue weighted by Crippen LogP contribution is -2.47. The molecule has 0 bridgehead atoms. The van der Waals surface area contributed by atoms with Crippen molar-refractivity contribution < 1.29 is 23.2 Å². The van der Waals surface area contributed by atoms with Gasteiger partial charge in [-0.3, -0.25) is 10.0 Å². The molecule has 0 unspecified atom stereocenters. The molecule has 1 heterocycles. The number of carbonyl (C=O) groups is 1. The van der Waals surface area contributed by atoms with Gasteiger partial charge in [0.1, 0.15) is 5.41 Å². The van der Waals surface area contributed by atoms with Crippen LogP contribution in [0.15, 0.2) is 6.07 Å². The third kappa shape index (κ3) is 3.27. The third-order valence-electron chi connectivity index (χ3n) is 3.00. The summed E-state index contributed by atoms with van der Waals surface area (Å²) in [5.41, 5.74) is -1.63. The van der Waals surface area contributed by atoms with Crippen molar-refractivity contribution in [1.82, 2.24) is 5.06 Å². The number of thiophene rings is 1. The number of alkyl halides is 3. The number of halogens is 3. The molecule has 0 aliphatic carbocycles.